The molecule has 5 heteroatoms. The number of rotatable bonds is 1. The van der Waals surface area contributed by atoms with Gasteiger partial charge in [-0.3, -0.25) is 4.99 Å². The van der Waals surface area contributed by atoms with Gasteiger partial charge in [-0.2, -0.15) is 0 Å². The fraction of sp³-hybridized carbons (Fsp3) is 0.462. The van der Waals surface area contributed by atoms with Crippen molar-refractivity contribution in [2.45, 2.75) is 25.3 Å². The zero-order chi connectivity index (χ0) is 12.5. The standard InChI is InChI=1S/C13H14BrIN2S/c14-10-5-4-9(15)6-12(10)17-13-16-11-3-1-2-8(11)7-18-13/h4-6,8,11H,1-3,7H2,(H,16,17). The number of hydrogen-bond donors (Lipinski definition) is 1. The van der Waals surface area contributed by atoms with Gasteiger partial charge in [-0.05, 0) is 75.5 Å². The molecule has 0 saturated heterocycles. The monoisotopic (exact) mass is 436 g/mol. The first-order valence-electron chi connectivity index (χ1n) is 6.15. The molecule has 1 aromatic carbocycles. The van der Waals surface area contributed by atoms with Crippen LogP contribution in [0.4, 0.5) is 5.69 Å². The molecule has 2 nitrogen and oxygen atoms in total. The first kappa shape index (κ1) is 13.2. The minimum absolute atomic E-state index is 0.565. The number of nitrogens with one attached hydrogen (secondary N) is 1. The molecule has 96 valence electrons. The van der Waals surface area contributed by atoms with Crippen LogP contribution < -0.4 is 5.32 Å². The van der Waals surface area contributed by atoms with Gasteiger partial charge in [0, 0.05) is 13.8 Å². The third-order valence-electron chi connectivity index (χ3n) is 3.51. The van der Waals surface area contributed by atoms with Gasteiger partial charge in [0.05, 0.1) is 11.7 Å². The molecule has 18 heavy (non-hydrogen) atoms. The molecule has 1 aliphatic carbocycles. The summed E-state index contributed by atoms with van der Waals surface area (Å²) in [7, 11) is 0. The first-order valence-corrected chi connectivity index (χ1v) is 9.01. The van der Waals surface area contributed by atoms with Gasteiger partial charge in [-0.15, -0.1) is 0 Å². The van der Waals surface area contributed by atoms with Gasteiger partial charge < -0.3 is 5.32 Å². The molecule has 0 aromatic heterocycles. The largest absolute Gasteiger partial charge is 0.334 e. The smallest absolute Gasteiger partial charge is 0.161 e. The van der Waals surface area contributed by atoms with E-state index in [2.05, 4.69) is 62.0 Å². The Labute approximate surface area is 134 Å². The Morgan fingerprint density at radius 2 is 2.28 bits per heavy atom. The van der Waals surface area contributed by atoms with E-state index in [1.54, 1.807) is 0 Å². The Bertz CT molecular complexity index is 492. The summed E-state index contributed by atoms with van der Waals surface area (Å²) in [6, 6.07) is 6.89. The van der Waals surface area contributed by atoms with E-state index < -0.39 is 0 Å². The van der Waals surface area contributed by atoms with Crippen molar-refractivity contribution in [2.24, 2.45) is 10.9 Å². The Morgan fingerprint density at radius 1 is 1.39 bits per heavy atom. The highest BCUT2D eigenvalue weighted by Gasteiger charge is 2.31. The third kappa shape index (κ3) is 2.88. The molecule has 1 heterocycles. The summed E-state index contributed by atoms with van der Waals surface area (Å²) in [5.74, 6) is 2.04. The van der Waals surface area contributed by atoms with Crippen LogP contribution in [-0.4, -0.2) is 17.0 Å². The van der Waals surface area contributed by atoms with Crippen molar-refractivity contribution in [1.82, 2.24) is 0 Å². The van der Waals surface area contributed by atoms with Crippen LogP contribution in [0.25, 0.3) is 0 Å². The highest BCUT2D eigenvalue weighted by atomic mass is 127. The predicted octanol–water partition coefficient (Wildman–Crippen LogP) is 4.74. The van der Waals surface area contributed by atoms with Crippen molar-refractivity contribution in [3.63, 3.8) is 0 Å². The van der Waals surface area contributed by atoms with Crippen molar-refractivity contribution in [3.8, 4) is 0 Å². The first-order chi connectivity index (χ1) is 8.72. The van der Waals surface area contributed by atoms with E-state index in [-0.39, 0.29) is 0 Å². The molecule has 0 amide bonds. The van der Waals surface area contributed by atoms with Crippen LogP contribution in [0.2, 0.25) is 0 Å². The average molecular weight is 437 g/mol. The normalized spacial score (nSPS) is 26.7. The number of amidine groups is 1. The van der Waals surface area contributed by atoms with E-state index in [1.165, 1.54) is 28.6 Å². The molecular weight excluding hydrogens is 423 g/mol. The lowest BCUT2D eigenvalue weighted by Gasteiger charge is -2.23. The summed E-state index contributed by atoms with van der Waals surface area (Å²) < 4.78 is 2.33. The number of fused-ring (bicyclic) bond motifs is 1. The van der Waals surface area contributed by atoms with Crippen molar-refractivity contribution in [3.05, 3.63) is 26.2 Å². The topological polar surface area (TPSA) is 24.4 Å². The second kappa shape index (κ2) is 5.71. The highest BCUT2D eigenvalue weighted by Crippen LogP contribution is 2.36. The summed E-state index contributed by atoms with van der Waals surface area (Å²) in [4.78, 5) is 4.86. The molecule has 0 bridgehead atoms. The quantitative estimate of drug-likeness (QED) is 0.643. The molecule has 2 unspecified atom stereocenters. The fourth-order valence-electron chi connectivity index (χ4n) is 2.53. The van der Waals surface area contributed by atoms with Crippen LogP contribution in [0.15, 0.2) is 27.7 Å². The summed E-state index contributed by atoms with van der Waals surface area (Å²) >= 11 is 7.78. The van der Waals surface area contributed by atoms with Crippen molar-refractivity contribution >= 4 is 61.1 Å². The molecule has 0 spiro atoms. The maximum atomic E-state index is 4.86. The molecule has 2 atom stereocenters. The molecule has 1 aliphatic heterocycles. The summed E-state index contributed by atoms with van der Waals surface area (Å²) in [5, 5.41) is 4.55. The van der Waals surface area contributed by atoms with Gasteiger partial charge in [-0.25, -0.2) is 0 Å². The SMILES string of the molecule is Brc1ccc(I)cc1NC1=NC2CCCC2CS1. The molecule has 1 fully saturated rings. The van der Waals surface area contributed by atoms with E-state index in [0.29, 0.717) is 6.04 Å². The lowest BCUT2D eigenvalue weighted by Crippen LogP contribution is -2.25. The third-order valence-corrected chi connectivity index (χ3v) is 5.94. The van der Waals surface area contributed by atoms with E-state index in [1.807, 2.05) is 11.8 Å². The van der Waals surface area contributed by atoms with Crippen LogP contribution in [0.1, 0.15) is 19.3 Å². The zero-order valence-electron chi connectivity index (χ0n) is 9.83. The Balaban J connectivity index is 1.78. The Kier molecular flexibility index (Phi) is 4.20. The minimum atomic E-state index is 0.565. The van der Waals surface area contributed by atoms with E-state index in [0.717, 1.165) is 21.2 Å². The summed E-state index contributed by atoms with van der Waals surface area (Å²) in [5.41, 5.74) is 1.12. The van der Waals surface area contributed by atoms with Gasteiger partial charge in [0.1, 0.15) is 0 Å². The summed E-state index contributed by atoms with van der Waals surface area (Å²) in [6.07, 6.45) is 3.98. The van der Waals surface area contributed by atoms with Gasteiger partial charge in [0.2, 0.25) is 0 Å². The van der Waals surface area contributed by atoms with Gasteiger partial charge in [-0.1, -0.05) is 18.2 Å². The molecule has 1 aromatic rings. The second-order valence-electron chi connectivity index (χ2n) is 4.75. The molecule has 0 radical (unpaired) electrons. The average Bonchev–Trinajstić information content (AvgIpc) is 2.81. The number of anilines is 1. The second-order valence-corrected chi connectivity index (χ2v) is 7.86. The number of halogens is 2. The lowest BCUT2D eigenvalue weighted by atomic mass is 10.1. The number of benzene rings is 1. The van der Waals surface area contributed by atoms with Crippen LogP contribution in [0.3, 0.4) is 0 Å². The maximum absolute atomic E-state index is 4.86. The Hall–Kier alpha value is 0.250. The van der Waals surface area contributed by atoms with Gasteiger partial charge in [0.25, 0.3) is 0 Å². The predicted molar refractivity (Wildman–Crippen MR) is 91.5 cm³/mol. The molecule has 1 N–H and O–H groups in total. The van der Waals surface area contributed by atoms with Gasteiger partial charge >= 0.3 is 0 Å². The van der Waals surface area contributed by atoms with Crippen LogP contribution in [-0.2, 0) is 0 Å². The number of aliphatic imine (C=N–C) groups is 1. The molecule has 3 rings (SSSR count). The number of hydrogen-bond acceptors (Lipinski definition) is 3. The highest BCUT2D eigenvalue weighted by molar-refractivity contribution is 14.1. The van der Waals surface area contributed by atoms with E-state index in [4.69, 9.17) is 4.99 Å². The zero-order valence-corrected chi connectivity index (χ0v) is 14.4. The van der Waals surface area contributed by atoms with Crippen LogP contribution >= 0.6 is 50.3 Å². The number of thioether (sulfide) groups is 1. The molecule has 2 aliphatic rings. The van der Waals surface area contributed by atoms with Crippen molar-refractivity contribution < 1.29 is 0 Å². The number of nitrogens with zero attached hydrogens (tertiary/aromatic N) is 1. The van der Waals surface area contributed by atoms with E-state index in [9.17, 15) is 0 Å². The van der Waals surface area contributed by atoms with Crippen LogP contribution in [0, 0.1) is 9.49 Å². The maximum Gasteiger partial charge on any atom is 0.161 e. The van der Waals surface area contributed by atoms with Gasteiger partial charge in [0.15, 0.2) is 5.17 Å². The van der Waals surface area contributed by atoms with Crippen molar-refractivity contribution in [2.75, 3.05) is 11.1 Å². The lowest BCUT2D eigenvalue weighted by molar-refractivity contribution is 0.535. The fourth-order valence-corrected chi connectivity index (χ4v) is 4.52. The molecule has 1 saturated carbocycles. The van der Waals surface area contributed by atoms with Crippen molar-refractivity contribution in [1.29, 1.82) is 0 Å². The summed E-state index contributed by atoms with van der Waals surface area (Å²) in [6.45, 7) is 0. The van der Waals surface area contributed by atoms with Crippen LogP contribution in [0.5, 0.6) is 0 Å². The minimum Gasteiger partial charge on any atom is -0.334 e. The molecular formula is C13H14BrIN2S. The Morgan fingerprint density at radius 3 is 3.17 bits per heavy atom. The van der Waals surface area contributed by atoms with E-state index >= 15 is 0 Å².